The molecule has 2 aromatic carbocycles. The monoisotopic (exact) mass is 479 g/mol. The number of likely N-dealkylation sites (N-methyl/N-ethyl adjacent to an activating group) is 1. The Morgan fingerprint density at radius 2 is 1.76 bits per heavy atom. The fourth-order valence-electron chi connectivity index (χ4n) is 4.21. The molecule has 0 unspecified atom stereocenters. The smallest absolute Gasteiger partial charge is 0.234 e. The highest BCUT2D eigenvalue weighted by Crippen LogP contribution is 2.26. The highest BCUT2D eigenvalue weighted by molar-refractivity contribution is 6.30. The number of aromatic nitrogens is 2. The normalized spacial score (nSPS) is 14.6. The van der Waals surface area contributed by atoms with Crippen LogP contribution >= 0.6 is 11.6 Å². The predicted octanol–water partition coefficient (Wildman–Crippen LogP) is 3.41. The number of benzene rings is 2. The van der Waals surface area contributed by atoms with Crippen molar-refractivity contribution in [1.82, 2.24) is 24.9 Å². The lowest BCUT2D eigenvalue weighted by atomic mass is 10.1. The SMILES string of the molecule is CCNC(=O)CN1CCCN(C(=O)Cc2cn(-c3ccccc3)nc2-c2ccc(Cl)cc2)CC1. The van der Waals surface area contributed by atoms with Crippen LogP contribution in [0.15, 0.2) is 60.8 Å². The minimum atomic E-state index is 0.0307. The van der Waals surface area contributed by atoms with Crippen LogP contribution in [0.25, 0.3) is 16.9 Å². The third kappa shape index (κ3) is 6.04. The maximum atomic E-state index is 13.3. The first-order valence-electron chi connectivity index (χ1n) is 11.7. The van der Waals surface area contributed by atoms with Crippen molar-refractivity contribution in [3.8, 4) is 16.9 Å². The molecule has 0 bridgehead atoms. The van der Waals surface area contributed by atoms with E-state index in [0.29, 0.717) is 37.7 Å². The summed E-state index contributed by atoms with van der Waals surface area (Å²) in [5, 5.41) is 8.31. The number of amides is 2. The lowest BCUT2D eigenvalue weighted by Gasteiger charge is -2.21. The van der Waals surface area contributed by atoms with Crippen LogP contribution in [0.1, 0.15) is 18.9 Å². The van der Waals surface area contributed by atoms with E-state index in [4.69, 9.17) is 16.7 Å². The van der Waals surface area contributed by atoms with Crippen LogP contribution in [0, 0.1) is 0 Å². The van der Waals surface area contributed by atoms with Crippen molar-refractivity contribution in [2.45, 2.75) is 19.8 Å². The topological polar surface area (TPSA) is 70.5 Å². The quantitative estimate of drug-likeness (QED) is 0.563. The second kappa shape index (κ2) is 11.3. The van der Waals surface area contributed by atoms with E-state index in [1.165, 1.54) is 0 Å². The molecular formula is C26H30ClN5O2. The molecule has 0 radical (unpaired) electrons. The summed E-state index contributed by atoms with van der Waals surface area (Å²) in [6.45, 7) is 5.72. The average molecular weight is 480 g/mol. The van der Waals surface area contributed by atoms with Crippen molar-refractivity contribution >= 4 is 23.4 Å². The minimum absolute atomic E-state index is 0.0307. The van der Waals surface area contributed by atoms with Gasteiger partial charge in [-0.2, -0.15) is 5.10 Å². The first kappa shape index (κ1) is 24.0. The maximum Gasteiger partial charge on any atom is 0.234 e. The van der Waals surface area contributed by atoms with Gasteiger partial charge < -0.3 is 10.2 Å². The lowest BCUT2D eigenvalue weighted by molar-refractivity contribution is -0.130. The number of hydrogen-bond donors (Lipinski definition) is 1. The number of carbonyl (C=O) groups excluding carboxylic acids is 2. The van der Waals surface area contributed by atoms with E-state index in [1.807, 2.05) is 77.3 Å². The Kier molecular flexibility index (Phi) is 7.98. The molecule has 2 heterocycles. The average Bonchev–Trinajstić information content (AvgIpc) is 3.11. The summed E-state index contributed by atoms with van der Waals surface area (Å²) in [6, 6.07) is 17.4. The number of nitrogens with zero attached hydrogens (tertiary/aromatic N) is 4. The standard InChI is InChI=1S/C26H30ClN5O2/c1-2-28-24(33)19-30-13-6-14-31(16-15-30)25(34)17-21-18-32(23-7-4-3-5-8-23)29-26(21)20-9-11-22(27)12-10-20/h3-5,7-12,18H,2,6,13-17,19H2,1H3,(H,28,33). The zero-order chi connectivity index (χ0) is 23.9. The lowest BCUT2D eigenvalue weighted by Crippen LogP contribution is -2.40. The van der Waals surface area contributed by atoms with E-state index >= 15 is 0 Å². The molecule has 0 spiro atoms. The number of hydrogen-bond acceptors (Lipinski definition) is 4. The third-order valence-corrected chi connectivity index (χ3v) is 6.20. The van der Waals surface area contributed by atoms with Crippen LogP contribution in [-0.4, -0.2) is 70.7 Å². The molecule has 1 aromatic heterocycles. The number of halogens is 1. The fourth-order valence-corrected chi connectivity index (χ4v) is 4.34. The summed E-state index contributed by atoms with van der Waals surface area (Å²) in [6.07, 6.45) is 3.05. The van der Waals surface area contributed by atoms with Gasteiger partial charge in [0, 0.05) is 55.1 Å². The van der Waals surface area contributed by atoms with Gasteiger partial charge in [0.15, 0.2) is 0 Å². The summed E-state index contributed by atoms with van der Waals surface area (Å²) in [5.74, 6) is 0.103. The highest BCUT2D eigenvalue weighted by atomic mass is 35.5. The van der Waals surface area contributed by atoms with Gasteiger partial charge in [-0.1, -0.05) is 41.9 Å². The van der Waals surface area contributed by atoms with E-state index < -0.39 is 0 Å². The van der Waals surface area contributed by atoms with Gasteiger partial charge in [-0.15, -0.1) is 0 Å². The number of carbonyl (C=O) groups is 2. The predicted molar refractivity (Wildman–Crippen MR) is 134 cm³/mol. The molecule has 8 heteroatoms. The third-order valence-electron chi connectivity index (χ3n) is 5.95. The van der Waals surface area contributed by atoms with E-state index in [9.17, 15) is 9.59 Å². The Bertz CT molecular complexity index is 1110. The zero-order valence-corrected chi connectivity index (χ0v) is 20.2. The van der Waals surface area contributed by atoms with Crippen LogP contribution in [0.4, 0.5) is 0 Å². The van der Waals surface area contributed by atoms with Crippen LogP contribution in [0.3, 0.4) is 0 Å². The van der Waals surface area contributed by atoms with Crippen molar-refractivity contribution < 1.29 is 9.59 Å². The van der Waals surface area contributed by atoms with Crippen LogP contribution in [-0.2, 0) is 16.0 Å². The van der Waals surface area contributed by atoms with Crippen molar-refractivity contribution in [3.63, 3.8) is 0 Å². The van der Waals surface area contributed by atoms with Crippen LogP contribution in [0.2, 0.25) is 5.02 Å². The van der Waals surface area contributed by atoms with Crippen molar-refractivity contribution in [1.29, 1.82) is 0 Å². The number of rotatable bonds is 7. The summed E-state index contributed by atoms with van der Waals surface area (Å²) in [4.78, 5) is 29.3. The first-order valence-corrected chi connectivity index (χ1v) is 12.1. The van der Waals surface area contributed by atoms with Crippen molar-refractivity contribution in [3.05, 3.63) is 71.4 Å². The van der Waals surface area contributed by atoms with Crippen LogP contribution in [0.5, 0.6) is 0 Å². The van der Waals surface area contributed by atoms with Gasteiger partial charge in [0.05, 0.1) is 24.3 Å². The molecule has 0 aliphatic carbocycles. The molecule has 4 rings (SSSR count). The molecule has 2 amide bonds. The number of para-hydroxylation sites is 1. The summed E-state index contributed by atoms with van der Waals surface area (Å²) >= 11 is 6.09. The van der Waals surface area contributed by atoms with Gasteiger partial charge in [0.1, 0.15) is 0 Å². The van der Waals surface area contributed by atoms with E-state index in [0.717, 1.165) is 35.5 Å². The molecule has 0 atom stereocenters. The molecule has 1 saturated heterocycles. The Labute approximate surface area is 205 Å². The van der Waals surface area contributed by atoms with Gasteiger partial charge in [-0.25, -0.2) is 4.68 Å². The Morgan fingerprint density at radius 3 is 2.50 bits per heavy atom. The molecule has 1 aliphatic heterocycles. The zero-order valence-electron chi connectivity index (χ0n) is 19.4. The summed E-state index contributed by atoms with van der Waals surface area (Å²) in [5.41, 5.74) is 3.51. The van der Waals surface area contributed by atoms with Gasteiger partial charge in [-0.3, -0.25) is 14.5 Å². The molecular weight excluding hydrogens is 450 g/mol. The molecule has 34 heavy (non-hydrogen) atoms. The van der Waals surface area contributed by atoms with Gasteiger partial charge in [-0.05, 0) is 37.6 Å². The largest absolute Gasteiger partial charge is 0.355 e. The van der Waals surface area contributed by atoms with E-state index in [1.54, 1.807) is 0 Å². The highest BCUT2D eigenvalue weighted by Gasteiger charge is 2.23. The van der Waals surface area contributed by atoms with E-state index in [2.05, 4.69) is 10.2 Å². The second-order valence-corrected chi connectivity index (χ2v) is 8.87. The molecule has 1 fully saturated rings. The molecule has 1 aliphatic rings. The first-order chi connectivity index (χ1) is 16.5. The fraction of sp³-hybridized carbons (Fsp3) is 0.346. The Morgan fingerprint density at radius 1 is 1.00 bits per heavy atom. The summed E-state index contributed by atoms with van der Waals surface area (Å²) in [7, 11) is 0. The molecule has 0 saturated carbocycles. The molecule has 7 nitrogen and oxygen atoms in total. The molecule has 178 valence electrons. The maximum absolute atomic E-state index is 13.3. The molecule has 1 N–H and O–H groups in total. The molecule has 3 aromatic rings. The van der Waals surface area contributed by atoms with Crippen LogP contribution < -0.4 is 5.32 Å². The van der Waals surface area contributed by atoms with Crippen molar-refractivity contribution in [2.24, 2.45) is 0 Å². The Hall–Kier alpha value is -3.16. The second-order valence-electron chi connectivity index (χ2n) is 8.43. The van der Waals surface area contributed by atoms with Crippen molar-refractivity contribution in [2.75, 3.05) is 39.3 Å². The van der Waals surface area contributed by atoms with Gasteiger partial charge in [0.25, 0.3) is 0 Å². The Balaban J connectivity index is 1.51. The van der Waals surface area contributed by atoms with Gasteiger partial charge in [0.2, 0.25) is 11.8 Å². The minimum Gasteiger partial charge on any atom is -0.355 e. The number of nitrogens with one attached hydrogen (secondary N) is 1. The van der Waals surface area contributed by atoms with E-state index in [-0.39, 0.29) is 18.2 Å². The van der Waals surface area contributed by atoms with Gasteiger partial charge >= 0.3 is 0 Å². The summed E-state index contributed by atoms with van der Waals surface area (Å²) < 4.78 is 1.82.